The fourth-order valence-corrected chi connectivity index (χ4v) is 4.90. The van der Waals surface area contributed by atoms with Gasteiger partial charge in [-0.05, 0) is 12.5 Å². The Morgan fingerprint density at radius 1 is 1.42 bits per heavy atom. The molecular formula is C17H20FN3O4S. The number of sulfonamides is 1. The smallest absolute Gasteiger partial charge is 0.248 e. The summed E-state index contributed by atoms with van der Waals surface area (Å²) < 4.78 is 46.5. The van der Waals surface area contributed by atoms with Crippen molar-refractivity contribution in [2.45, 2.75) is 17.4 Å². The maximum atomic E-state index is 14.2. The standard InChI is InChI=1S/C17H20FN3O4S/c1-20(16(22)11-25-2)13-6-7-21(10-13)26(23,24)15-5-3-4-12-8-19-9-14(18)17(12)15/h3-5,8-9,13H,6-7,10-11H2,1-2H3/t13-/m0/s1. The molecule has 2 heterocycles. The minimum atomic E-state index is -3.90. The first kappa shape index (κ1) is 18.7. The van der Waals surface area contributed by atoms with Crippen LogP contribution in [-0.2, 0) is 19.6 Å². The number of carbonyl (C=O) groups is 1. The number of pyridine rings is 1. The normalized spacial score (nSPS) is 18.3. The first-order valence-electron chi connectivity index (χ1n) is 8.13. The summed E-state index contributed by atoms with van der Waals surface area (Å²) in [6.07, 6.45) is 2.95. The van der Waals surface area contributed by atoms with Crippen molar-refractivity contribution in [2.75, 3.05) is 33.9 Å². The van der Waals surface area contributed by atoms with Crippen molar-refractivity contribution in [2.24, 2.45) is 0 Å². The van der Waals surface area contributed by atoms with Gasteiger partial charge in [-0.25, -0.2) is 12.8 Å². The largest absolute Gasteiger partial charge is 0.375 e. The molecule has 1 aromatic carbocycles. The Bertz CT molecular complexity index is 929. The number of fused-ring (bicyclic) bond motifs is 1. The van der Waals surface area contributed by atoms with E-state index in [2.05, 4.69) is 4.98 Å². The summed E-state index contributed by atoms with van der Waals surface area (Å²) in [6, 6.07) is 4.34. The third-order valence-corrected chi connectivity index (χ3v) is 6.56. The number of hydrogen-bond acceptors (Lipinski definition) is 5. The van der Waals surface area contributed by atoms with Gasteiger partial charge in [-0.15, -0.1) is 0 Å². The second kappa shape index (κ2) is 7.26. The van der Waals surface area contributed by atoms with E-state index >= 15 is 0 Å². The summed E-state index contributed by atoms with van der Waals surface area (Å²) >= 11 is 0. The van der Waals surface area contributed by atoms with E-state index < -0.39 is 15.8 Å². The summed E-state index contributed by atoms with van der Waals surface area (Å²) in [5, 5.41) is 0.462. The Hall–Kier alpha value is -2.10. The number of aromatic nitrogens is 1. The number of benzene rings is 1. The monoisotopic (exact) mass is 381 g/mol. The zero-order valence-electron chi connectivity index (χ0n) is 14.6. The molecule has 1 aliphatic heterocycles. The molecule has 1 aromatic heterocycles. The predicted molar refractivity (Wildman–Crippen MR) is 93.5 cm³/mol. The summed E-state index contributed by atoms with van der Waals surface area (Å²) in [5.41, 5.74) is 0. The van der Waals surface area contributed by atoms with Gasteiger partial charge in [-0.2, -0.15) is 4.31 Å². The van der Waals surface area contributed by atoms with E-state index in [-0.39, 0.29) is 41.9 Å². The Morgan fingerprint density at radius 2 is 2.19 bits per heavy atom. The lowest BCUT2D eigenvalue weighted by atomic mass is 10.2. The molecule has 1 fully saturated rings. The molecule has 0 bridgehead atoms. The molecular weight excluding hydrogens is 361 g/mol. The predicted octanol–water partition coefficient (Wildman–Crippen LogP) is 1.24. The average molecular weight is 381 g/mol. The molecule has 2 aromatic rings. The first-order valence-corrected chi connectivity index (χ1v) is 9.57. The van der Waals surface area contributed by atoms with Gasteiger partial charge in [-0.1, -0.05) is 12.1 Å². The number of rotatable bonds is 5. The summed E-state index contributed by atoms with van der Waals surface area (Å²) in [7, 11) is -0.834. The van der Waals surface area contributed by atoms with Crippen molar-refractivity contribution >= 4 is 26.7 Å². The molecule has 1 amide bonds. The van der Waals surface area contributed by atoms with Crippen molar-refractivity contribution < 1.29 is 22.3 Å². The summed E-state index contributed by atoms with van der Waals surface area (Å²) in [5.74, 6) is -0.885. The molecule has 0 saturated carbocycles. The highest BCUT2D eigenvalue weighted by Crippen LogP contribution is 2.30. The molecule has 0 unspecified atom stereocenters. The van der Waals surface area contributed by atoms with Gasteiger partial charge in [0.25, 0.3) is 0 Å². The lowest BCUT2D eigenvalue weighted by Gasteiger charge is -2.24. The van der Waals surface area contributed by atoms with Gasteiger partial charge in [-0.3, -0.25) is 9.78 Å². The van der Waals surface area contributed by atoms with Crippen molar-refractivity contribution in [3.8, 4) is 0 Å². The van der Waals surface area contributed by atoms with Crippen LogP contribution in [0.4, 0.5) is 4.39 Å². The average Bonchev–Trinajstić information content (AvgIpc) is 3.12. The molecule has 3 rings (SSSR count). The van der Waals surface area contributed by atoms with Gasteiger partial charge in [0.15, 0.2) is 5.82 Å². The van der Waals surface area contributed by atoms with Crippen LogP contribution in [0, 0.1) is 5.82 Å². The van der Waals surface area contributed by atoms with Gasteiger partial charge in [0.2, 0.25) is 15.9 Å². The SMILES string of the molecule is COCC(=O)N(C)[C@H]1CCN(S(=O)(=O)c2cccc3cncc(F)c23)C1. The Balaban J connectivity index is 1.90. The molecule has 1 aliphatic rings. The van der Waals surface area contributed by atoms with Crippen molar-refractivity contribution in [1.82, 2.24) is 14.2 Å². The third kappa shape index (κ3) is 3.29. The van der Waals surface area contributed by atoms with Gasteiger partial charge >= 0.3 is 0 Å². The number of likely N-dealkylation sites (N-methyl/N-ethyl adjacent to an activating group) is 1. The van der Waals surface area contributed by atoms with E-state index in [1.54, 1.807) is 19.2 Å². The highest BCUT2D eigenvalue weighted by atomic mass is 32.2. The minimum Gasteiger partial charge on any atom is -0.375 e. The third-order valence-electron chi connectivity index (χ3n) is 4.65. The number of methoxy groups -OCH3 is 1. The second-order valence-electron chi connectivity index (χ2n) is 6.22. The maximum Gasteiger partial charge on any atom is 0.248 e. The number of amides is 1. The second-order valence-corrected chi connectivity index (χ2v) is 8.13. The minimum absolute atomic E-state index is 0.0368. The lowest BCUT2D eigenvalue weighted by Crippen LogP contribution is -2.41. The van der Waals surface area contributed by atoms with E-state index in [0.29, 0.717) is 11.8 Å². The topological polar surface area (TPSA) is 79.8 Å². The van der Waals surface area contributed by atoms with Crippen LogP contribution in [0.15, 0.2) is 35.5 Å². The van der Waals surface area contributed by atoms with Gasteiger partial charge < -0.3 is 9.64 Å². The highest BCUT2D eigenvalue weighted by Gasteiger charge is 2.36. The molecule has 0 spiro atoms. The molecule has 1 saturated heterocycles. The van der Waals surface area contributed by atoms with Crippen molar-refractivity contribution in [1.29, 1.82) is 0 Å². The van der Waals surface area contributed by atoms with Crippen LogP contribution in [0.2, 0.25) is 0 Å². The van der Waals surface area contributed by atoms with Crippen LogP contribution in [-0.4, -0.2) is 68.4 Å². The number of carbonyl (C=O) groups excluding carboxylic acids is 1. The molecule has 140 valence electrons. The number of ether oxygens (including phenoxy) is 1. The zero-order chi connectivity index (χ0) is 18.9. The van der Waals surface area contributed by atoms with Crippen molar-refractivity contribution in [3.63, 3.8) is 0 Å². The number of halogens is 1. The Morgan fingerprint density at radius 3 is 2.92 bits per heavy atom. The summed E-state index contributed by atoms with van der Waals surface area (Å²) in [6.45, 7) is 0.374. The quantitative estimate of drug-likeness (QED) is 0.779. The van der Waals surface area contributed by atoms with Crippen LogP contribution >= 0.6 is 0 Å². The van der Waals surface area contributed by atoms with Crippen LogP contribution < -0.4 is 0 Å². The van der Waals surface area contributed by atoms with E-state index in [0.717, 1.165) is 6.20 Å². The first-order chi connectivity index (χ1) is 12.4. The van der Waals surface area contributed by atoms with Gasteiger partial charge in [0.05, 0.1) is 11.1 Å². The van der Waals surface area contributed by atoms with Crippen LogP contribution in [0.5, 0.6) is 0 Å². The van der Waals surface area contributed by atoms with Gasteiger partial charge in [0.1, 0.15) is 6.61 Å². The lowest BCUT2D eigenvalue weighted by molar-refractivity contribution is -0.135. The van der Waals surface area contributed by atoms with Crippen molar-refractivity contribution in [3.05, 3.63) is 36.4 Å². The van der Waals surface area contributed by atoms with Gasteiger partial charge in [0, 0.05) is 50.3 Å². The Labute approximate surface area is 151 Å². The molecule has 0 radical (unpaired) electrons. The summed E-state index contributed by atoms with van der Waals surface area (Å²) in [4.78, 5) is 17.1. The fourth-order valence-electron chi connectivity index (χ4n) is 3.19. The Kier molecular flexibility index (Phi) is 5.22. The fraction of sp³-hybridized carbons (Fsp3) is 0.412. The van der Waals surface area contributed by atoms with Crippen LogP contribution in [0.3, 0.4) is 0 Å². The molecule has 9 heteroatoms. The van der Waals surface area contributed by atoms with Crippen LogP contribution in [0.1, 0.15) is 6.42 Å². The number of hydrogen-bond donors (Lipinski definition) is 0. The zero-order valence-corrected chi connectivity index (χ0v) is 15.4. The van der Waals surface area contributed by atoms with E-state index in [1.165, 1.54) is 28.6 Å². The molecule has 1 atom stereocenters. The van der Waals surface area contributed by atoms with Crippen LogP contribution in [0.25, 0.3) is 10.8 Å². The number of nitrogens with zero attached hydrogens (tertiary/aromatic N) is 3. The molecule has 0 aliphatic carbocycles. The van der Waals surface area contributed by atoms with E-state index in [1.807, 2.05) is 0 Å². The van der Waals surface area contributed by atoms with E-state index in [4.69, 9.17) is 4.74 Å². The maximum absolute atomic E-state index is 14.2. The molecule has 7 nitrogen and oxygen atoms in total. The highest BCUT2D eigenvalue weighted by molar-refractivity contribution is 7.89. The van der Waals surface area contributed by atoms with E-state index in [9.17, 15) is 17.6 Å². The molecule has 0 N–H and O–H groups in total. The molecule has 26 heavy (non-hydrogen) atoms.